The molecule has 0 saturated carbocycles. The molecule has 1 fully saturated rings. The van der Waals surface area contributed by atoms with Gasteiger partial charge in [0, 0.05) is 69.0 Å². The number of fused-ring (bicyclic) bond motifs is 2. The molecular weight excluding hydrogens is 1510 g/mol. The van der Waals surface area contributed by atoms with E-state index in [2.05, 4.69) is 22.9 Å². The normalized spacial score (nSPS) is 13.7. The van der Waals surface area contributed by atoms with Gasteiger partial charge >= 0.3 is 12.1 Å². The molecule has 2 aromatic heterocycles. The van der Waals surface area contributed by atoms with Crippen molar-refractivity contribution >= 4 is 145 Å². The number of phenolic OH excluding ortho intramolecular Hbond substituents is 1. The average molecular weight is 1590 g/mol. The minimum Gasteiger partial charge on any atom is -0.748 e. The highest BCUT2D eigenvalue weighted by molar-refractivity contribution is 8.03. The second kappa shape index (κ2) is 41.3. The highest BCUT2D eigenvalue weighted by Gasteiger charge is 2.29. The lowest BCUT2D eigenvalue weighted by Crippen LogP contribution is -2.55. The number of pyridine rings is 1. The van der Waals surface area contributed by atoms with Crippen LogP contribution in [0.5, 0.6) is 11.5 Å². The number of hydrogen-bond acceptors (Lipinski definition) is 19. The van der Waals surface area contributed by atoms with Crippen LogP contribution < -0.4 is 34.7 Å². The molecule has 105 heavy (non-hydrogen) atoms. The topological polar surface area (TPSA) is 357 Å². The number of benzene rings is 5. The standard InChI is InChI=1S/C36H42ClN5O4.C25H26Cl2N2O6S4.C12H16N2O5S/c1-3-4-5-6-7-8-9-10-11-12-13-33(46-34-20-25(2)14-18-30(34)37)35(44)40-29-17-19-31(32(43)22-29)42-36(45)41-28-16-15-26(23-38)27(21-28)24-39;1-2-17(13-24-28(9-3-11-38(30,31)32)20-15-18(26)5-7-22(20)36-24)14-25-29(10-4-12-39(33,34)35)21-16-19(27)6-8-23(21)37-25;15-12(14-6-8-19-9-7-14)13-4-1-11(2-5-13)3-10-20(16,17)18/h14-22,33,43H,3-13H2,1-2H3,(H,40,44)(H2,41,42,45);5-8,13-16H,2-4,9-12H2,1H3,(H-,30,31,32,33,34,35);1-2,4-5H,3,6-10H2. The molecule has 4 amide bonds. The Kier molecular flexibility index (Phi) is 33.2. The third-order valence-corrected chi connectivity index (χ3v) is 21.8. The summed E-state index contributed by atoms with van der Waals surface area (Å²) in [5, 5.41) is 40.1. The van der Waals surface area contributed by atoms with Crippen LogP contribution in [0.15, 0.2) is 137 Å². The van der Waals surface area contributed by atoms with Gasteiger partial charge in [-0.05, 0) is 147 Å². The molecule has 4 heterocycles. The Hall–Kier alpha value is -7.88. The number of aryl methyl sites for hydroxylation is 3. The van der Waals surface area contributed by atoms with E-state index in [-0.39, 0.29) is 59.5 Å². The van der Waals surface area contributed by atoms with Crippen molar-refractivity contribution in [2.75, 3.05) is 71.0 Å². The number of nitrogens with one attached hydrogen (secondary N) is 3. The van der Waals surface area contributed by atoms with Gasteiger partial charge in [-0.15, -0.1) is 0 Å². The molecule has 5 aromatic carbocycles. The minimum atomic E-state index is -4.33. The van der Waals surface area contributed by atoms with Gasteiger partial charge in [0.05, 0.1) is 84.1 Å². The van der Waals surface area contributed by atoms with E-state index in [0.717, 1.165) is 61.2 Å². The van der Waals surface area contributed by atoms with E-state index in [9.17, 15) is 63.7 Å². The van der Waals surface area contributed by atoms with Gasteiger partial charge in [-0.2, -0.15) is 32.9 Å². The van der Waals surface area contributed by atoms with E-state index < -0.39 is 54.0 Å². The molecule has 0 radical (unpaired) electrons. The second-order valence-corrected chi connectivity index (χ2v) is 32.7. The van der Waals surface area contributed by atoms with Gasteiger partial charge in [0.25, 0.3) is 21.0 Å². The number of amides is 4. The number of urea groups is 1. The predicted molar refractivity (Wildman–Crippen MR) is 409 cm³/mol. The first-order chi connectivity index (χ1) is 50.0. The molecular formula is C73H84Cl3N9O15S5. The number of anilines is 4. The first-order valence-corrected chi connectivity index (χ1v) is 41.6. The molecule has 1 saturated heterocycles. The lowest BCUT2D eigenvalue weighted by molar-refractivity contribution is -0.668. The summed E-state index contributed by atoms with van der Waals surface area (Å²) in [4.78, 5) is 42.7. The van der Waals surface area contributed by atoms with Crippen molar-refractivity contribution in [3.05, 3.63) is 175 Å². The highest BCUT2D eigenvalue weighted by atomic mass is 35.5. The molecule has 562 valence electrons. The fourth-order valence-electron chi connectivity index (χ4n) is 11.1. The molecule has 0 spiro atoms. The number of hydrogen-bond donors (Lipinski definition) is 5. The number of halogens is 3. The molecule has 9 rings (SSSR count). The summed E-state index contributed by atoms with van der Waals surface area (Å²) >= 11 is 21.9. The molecule has 24 nitrogen and oxygen atoms in total. The Bertz CT molecular complexity index is 4680. The monoisotopic (exact) mass is 1590 g/mol. The number of thiazole rings is 1. The molecule has 7 aromatic rings. The Morgan fingerprint density at radius 2 is 1.38 bits per heavy atom. The van der Waals surface area contributed by atoms with Gasteiger partial charge in [0.2, 0.25) is 5.52 Å². The van der Waals surface area contributed by atoms with Crippen LogP contribution in [-0.4, -0.2) is 123 Å². The van der Waals surface area contributed by atoms with Crippen molar-refractivity contribution < 1.29 is 77.0 Å². The molecule has 0 aliphatic carbocycles. The second-order valence-electron chi connectivity index (χ2n) is 24.7. The Labute approximate surface area is 636 Å². The summed E-state index contributed by atoms with van der Waals surface area (Å²) in [7, 11) is -12.6. The van der Waals surface area contributed by atoms with Crippen LogP contribution in [-0.2, 0) is 52.9 Å². The predicted octanol–water partition coefficient (Wildman–Crippen LogP) is 14.8. The van der Waals surface area contributed by atoms with Crippen LogP contribution in [0.1, 0.15) is 131 Å². The van der Waals surface area contributed by atoms with Gasteiger partial charge in [0.1, 0.15) is 41.4 Å². The zero-order valence-electron chi connectivity index (χ0n) is 58.2. The maximum atomic E-state index is 13.4. The Morgan fingerprint density at radius 1 is 0.733 bits per heavy atom. The van der Waals surface area contributed by atoms with E-state index >= 15 is 0 Å². The van der Waals surface area contributed by atoms with Crippen molar-refractivity contribution in [3.8, 4) is 23.6 Å². The largest absolute Gasteiger partial charge is 0.748 e. The van der Waals surface area contributed by atoms with Gasteiger partial charge in [0.15, 0.2) is 12.6 Å². The van der Waals surface area contributed by atoms with E-state index in [4.69, 9.17) is 49.5 Å². The summed E-state index contributed by atoms with van der Waals surface area (Å²) in [6.07, 6.45) is 19.9. The number of carbonyl (C=O) groups excluding carboxylic acids is 3. The quantitative estimate of drug-likeness (QED) is 0.0117. The number of nitriles is 2. The zero-order valence-corrected chi connectivity index (χ0v) is 64.6. The number of unbranched alkanes of at least 4 members (excludes halogenated alkanes) is 9. The van der Waals surface area contributed by atoms with Crippen LogP contribution in [0.2, 0.25) is 15.1 Å². The van der Waals surface area contributed by atoms with Crippen molar-refractivity contribution in [1.29, 1.82) is 10.5 Å². The van der Waals surface area contributed by atoms with Gasteiger partial charge < -0.3 is 44.5 Å². The fourth-order valence-corrected chi connectivity index (χ4v) is 15.3. The number of phenols is 1. The number of ether oxygens (including phenoxy) is 2. The van der Waals surface area contributed by atoms with E-state index in [1.54, 1.807) is 71.5 Å². The number of morpholine rings is 1. The maximum Gasteiger partial charge on any atom is 0.498 e. The average Bonchev–Trinajstić information content (AvgIpc) is 1.65. The molecule has 2 aliphatic heterocycles. The summed E-state index contributed by atoms with van der Waals surface area (Å²) in [6.45, 7) is 9.05. The smallest absolute Gasteiger partial charge is 0.498 e. The SMILES string of the molecule is CCC(/C=C1\Sc2ccc(Cl)cc2N1CCCS(=O)(=O)O)=C\c1sc2ccc(Cl)cc2[n+]1CCCS(=O)(=O)[O-].CCCCCCCCCCCCC(Oc1cc(C)ccc1Cl)C(=O)Nc1ccc(NC(=O)Nc2ccc(C#N)c(C#N)c2)c(O)c1.O=C(N1CCOCC1)[n+]1ccc(CCS(=O)(=O)[O-])cc1. The van der Waals surface area contributed by atoms with Gasteiger partial charge in [-0.1, -0.05) is 136 Å². The van der Waals surface area contributed by atoms with Crippen molar-refractivity contribution in [1.82, 2.24) is 4.90 Å². The Balaban J connectivity index is 0.000000235. The lowest BCUT2D eigenvalue weighted by Gasteiger charge is -2.20. The first kappa shape index (κ1) is 84.4. The minimum absolute atomic E-state index is 0.106. The van der Waals surface area contributed by atoms with E-state index in [1.165, 1.54) is 91.2 Å². The van der Waals surface area contributed by atoms with Crippen molar-refractivity contribution in [2.24, 2.45) is 0 Å². The Morgan fingerprint density at radius 3 is 2.03 bits per heavy atom. The van der Waals surface area contributed by atoms with E-state index in [1.807, 2.05) is 77.9 Å². The number of carbonyl (C=O) groups is 3. The number of aromatic nitrogens is 2. The summed E-state index contributed by atoms with van der Waals surface area (Å²) < 4.78 is 113. The first-order valence-electron chi connectivity index (χ1n) is 34.1. The van der Waals surface area contributed by atoms with Crippen LogP contribution in [0.25, 0.3) is 16.3 Å². The summed E-state index contributed by atoms with van der Waals surface area (Å²) in [6, 6.07) is 31.5. The van der Waals surface area contributed by atoms with Crippen molar-refractivity contribution in [3.63, 3.8) is 0 Å². The van der Waals surface area contributed by atoms with Crippen LogP contribution in [0.4, 0.5) is 32.3 Å². The highest BCUT2D eigenvalue weighted by Crippen LogP contribution is 2.48. The lowest BCUT2D eigenvalue weighted by atomic mass is 10.0. The number of nitrogens with zero attached hydrogens (tertiary/aromatic N) is 6. The molecule has 1 unspecified atom stereocenters. The van der Waals surface area contributed by atoms with Crippen LogP contribution in [0, 0.1) is 29.6 Å². The van der Waals surface area contributed by atoms with Crippen LogP contribution >= 0.6 is 57.9 Å². The summed E-state index contributed by atoms with van der Waals surface area (Å²) in [5.41, 5.74) is 5.43. The number of rotatable bonds is 31. The van der Waals surface area contributed by atoms with Gasteiger partial charge in [-0.25, -0.2) is 26.5 Å². The van der Waals surface area contributed by atoms with E-state index in [0.29, 0.717) is 90.0 Å². The molecule has 0 bridgehead atoms. The van der Waals surface area contributed by atoms with Crippen molar-refractivity contribution in [2.45, 2.75) is 135 Å². The number of thioether (sulfide) groups is 1. The molecule has 32 heteroatoms. The zero-order chi connectivity index (χ0) is 76.3. The molecule has 5 N–H and O–H groups in total. The van der Waals surface area contributed by atoms with Gasteiger partial charge in [-0.3, -0.25) is 9.35 Å². The van der Waals surface area contributed by atoms with Crippen LogP contribution in [0.3, 0.4) is 0 Å². The third-order valence-electron chi connectivity index (χ3n) is 16.5. The summed E-state index contributed by atoms with van der Waals surface area (Å²) in [5.74, 6) is -1.45. The molecule has 1 atom stereocenters. The number of allylic oxidation sites excluding steroid dienone is 2. The maximum absolute atomic E-state index is 13.4. The number of aromatic hydroxyl groups is 1. The molecule has 2 aliphatic rings. The third kappa shape index (κ3) is 28.4. The fraction of sp³-hybridized carbons (Fsp3) is 0.384.